The van der Waals surface area contributed by atoms with Crippen molar-refractivity contribution < 1.29 is 23.5 Å². The first-order chi connectivity index (χ1) is 13.0. The number of furan rings is 1. The smallest absolute Gasteiger partial charge is 0.326 e. The van der Waals surface area contributed by atoms with Gasteiger partial charge in [0.15, 0.2) is 5.76 Å². The van der Waals surface area contributed by atoms with Crippen LogP contribution in [0.2, 0.25) is 0 Å². The highest BCUT2D eigenvalue weighted by Crippen LogP contribution is 2.26. The van der Waals surface area contributed by atoms with Gasteiger partial charge in [0.2, 0.25) is 5.91 Å². The molecule has 0 unspecified atom stereocenters. The lowest BCUT2D eigenvalue weighted by Crippen LogP contribution is -2.49. The molecule has 3 heterocycles. The van der Waals surface area contributed by atoms with Crippen LogP contribution in [0.1, 0.15) is 22.6 Å². The van der Waals surface area contributed by atoms with E-state index < -0.39 is 12.0 Å². The Morgan fingerprint density at radius 3 is 2.70 bits per heavy atom. The number of aliphatic carboxylic acids is 1. The highest BCUT2D eigenvalue weighted by molar-refractivity contribution is 5.85. The van der Waals surface area contributed by atoms with Crippen molar-refractivity contribution in [2.24, 2.45) is 0 Å². The molecule has 138 valence electrons. The van der Waals surface area contributed by atoms with Crippen molar-refractivity contribution in [3.05, 3.63) is 65.2 Å². The Bertz CT molecular complexity index is 990. The fraction of sp³-hybridized carbons (Fsp3) is 0.250. The molecule has 1 aliphatic rings. The molecule has 4 rings (SSSR count). The third kappa shape index (κ3) is 3.23. The van der Waals surface area contributed by atoms with Crippen LogP contribution in [0.25, 0.3) is 11.7 Å². The van der Waals surface area contributed by atoms with E-state index in [4.69, 9.17) is 8.83 Å². The van der Waals surface area contributed by atoms with Crippen LogP contribution in [0.5, 0.6) is 0 Å². The van der Waals surface area contributed by atoms with Gasteiger partial charge in [0.05, 0.1) is 18.4 Å². The molecule has 0 fully saturated rings. The summed E-state index contributed by atoms with van der Waals surface area (Å²) in [5, 5.41) is 9.59. The highest BCUT2D eigenvalue weighted by Gasteiger charge is 2.35. The number of aryl methyl sites for hydroxylation is 1. The van der Waals surface area contributed by atoms with E-state index in [2.05, 4.69) is 4.98 Å². The molecule has 1 atom stereocenters. The number of hydrogen-bond donors (Lipinski definition) is 1. The lowest BCUT2D eigenvalue weighted by molar-refractivity contribution is -0.151. The number of carbonyl (C=O) groups excluding carboxylic acids is 1. The van der Waals surface area contributed by atoms with E-state index in [0.717, 1.165) is 11.1 Å². The molecule has 7 nitrogen and oxygen atoms in total. The molecule has 1 aliphatic heterocycles. The number of carboxylic acid groups (broad SMARTS) is 1. The summed E-state index contributed by atoms with van der Waals surface area (Å²) in [6, 6.07) is 10.2. The zero-order valence-corrected chi connectivity index (χ0v) is 14.7. The van der Waals surface area contributed by atoms with Gasteiger partial charge in [-0.1, -0.05) is 24.3 Å². The second-order valence-corrected chi connectivity index (χ2v) is 6.52. The minimum absolute atomic E-state index is 0.0258. The van der Waals surface area contributed by atoms with Crippen molar-refractivity contribution in [1.29, 1.82) is 0 Å². The molecule has 7 heteroatoms. The number of aromatic nitrogens is 1. The van der Waals surface area contributed by atoms with Crippen molar-refractivity contribution in [2.45, 2.75) is 32.4 Å². The number of fused-ring (bicyclic) bond motifs is 1. The molecule has 3 aromatic rings. The first-order valence-corrected chi connectivity index (χ1v) is 8.62. The Hall–Kier alpha value is -3.35. The summed E-state index contributed by atoms with van der Waals surface area (Å²) in [4.78, 5) is 30.4. The topological polar surface area (TPSA) is 96.8 Å². The zero-order valence-electron chi connectivity index (χ0n) is 14.7. The minimum atomic E-state index is -1.01. The van der Waals surface area contributed by atoms with Gasteiger partial charge in [0.1, 0.15) is 11.8 Å². The quantitative estimate of drug-likeness (QED) is 0.763. The van der Waals surface area contributed by atoms with Crippen molar-refractivity contribution in [2.75, 3.05) is 0 Å². The van der Waals surface area contributed by atoms with Gasteiger partial charge in [-0.2, -0.15) is 0 Å². The van der Waals surface area contributed by atoms with Crippen molar-refractivity contribution >= 4 is 11.9 Å². The van der Waals surface area contributed by atoms with Crippen molar-refractivity contribution in [1.82, 2.24) is 9.88 Å². The second-order valence-electron chi connectivity index (χ2n) is 6.52. The van der Waals surface area contributed by atoms with Crippen LogP contribution < -0.4 is 0 Å². The lowest BCUT2D eigenvalue weighted by Gasteiger charge is -2.34. The van der Waals surface area contributed by atoms with Gasteiger partial charge in [0, 0.05) is 13.0 Å². The molecular weight excluding hydrogens is 348 g/mol. The number of amides is 1. The zero-order chi connectivity index (χ0) is 19.0. The Kier molecular flexibility index (Phi) is 4.27. The Labute approximate surface area is 155 Å². The molecule has 2 aromatic heterocycles. The molecule has 0 aliphatic carbocycles. The third-order valence-electron chi connectivity index (χ3n) is 4.80. The van der Waals surface area contributed by atoms with E-state index in [-0.39, 0.29) is 18.9 Å². The number of nitrogens with zero attached hydrogens (tertiary/aromatic N) is 2. The molecule has 0 spiro atoms. The van der Waals surface area contributed by atoms with Crippen LogP contribution in [0.3, 0.4) is 0 Å². The van der Waals surface area contributed by atoms with Crippen LogP contribution in [0, 0.1) is 6.92 Å². The summed E-state index contributed by atoms with van der Waals surface area (Å²) in [7, 11) is 0. The minimum Gasteiger partial charge on any atom is -0.480 e. The highest BCUT2D eigenvalue weighted by atomic mass is 16.4. The van der Waals surface area contributed by atoms with Gasteiger partial charge in [-0.25, -0.2) is 9.78 Å². The predicted octanol–water partition coefficient (Wildman–Crippen LogP) is 2.82. The number of carboxylic acids is 1. The van der Waals surface area contributed by atoms with Gasteiger partial charge in [0.25, 0.3) is 5.89 Å². The summed E-state index contributed by atoms with van der Waals surface area (Å²) in [6.07, 6.45) is 1.79. The largest absolute Gasteiger partial charge is 0.480 e. The van der Waals surface area contributed by atoms with Crippen LogP contribution >= 0.6 is 0 Å². The first kappa shape index (κ1) is 17.1. The average molecular weight is 366 g/mol. The van der Waals surface area contributed by atoms with E-state index in [1.54, 1.807) is 19.1 Å². The van der Waals surface area contributed by atoms with Gasteiger partial charge >= 0.3 is 5.97 Å². The average Bonchev–Trinajstić information content (AvgIpc) is 3.31. The van der Waals surface area contributed by atoms with Gasteiger partial charge in [-0.05, 0) is 30.2 Å². The van der Waals surface area contributed by atoms with E-state index >= 15 is 0 Å². The Balaban J connectivity index is 1.58. The number of benzene rings is 1. The second kappa shape index (κ2) is 6.75. The number of hydrogen-bond acceptors (Lipinski definition) is 5. The van der Waals surface area contributed by atoms with Crippen LogP contribution in [0.15, 0.2) is 51.5 Å². The van der Waals surface area contributed by atoms with Gasteiger partial charge in [-0.15, -0.1) is 0 Å². The van der Waals surface area contributed by atoms with Crippen molar-refractivity contribution in [3.63, 3.8) is 0 Å². The SMILES string of the molecule is Cc1oc(-c2ccco2)nc1CC(=O)N1Cc2ccccc2C[C@H]1C(=O)O. The molecule has 0 radical (unpaired) electrons. The van der Waals surface area contributed by atoms with E-state index in [0.29, 0.717) is 29.5 Å². The van der Waals surface area contributed by atoms with Crippen molar-refractivity contribution in [3.8, 4) is 11.7 Å². The maximum absolute atomic E-state index is 12.9. The molecule has 1 N–H and O–H groups in total. The summed E-state index contributed by atoms with van der Waals surface area (Å²) < 4.78 is 10.9. The first-order valence-electron chi connectivity index (χ1n) is 8.62. The predicted molar refractivity (Wildman–Crippen MR) is 94.8 cm³/mol. The molecular formula is C20H18N2O5. The number of rotatable bonds is 4. The van der Waals surface area contributed by atoms with Gasteiger partial charge in [-0.3, -0.25) is 4.79 Å². The lowest BCUT2D eigenvalue weighted by atomic mass is 9.93. The summed E-state index contributed by atoms with van der Waals surface area (Å²) in [6.45, 7) is 2.00. The molecule has 0 bridgehead atoms. The van der Waals surface area contributed by atoms with Gasteiger partial charge < -0.3 is 18.8 Å². The molecule has 1 aromatic carbocycles. The molecule has 0 saturated heterocycles. The summed E-state index contributed by atoms with van der Waals surface area (Å²) in [5.41, 5.74) is 2.41. The standard InChI is InChI=1S/C20H18N2O5/c1-12-15(21-19(27-12)17-7-4-8-26-17)10-18(23)22-11-14-6-3-2-5-13(14)9-16(22)20(24)25/h2-8,16H,9-11H2,1H3,(H,24,25)/t16-/m0/s1. The van der Waals surface area contributed by atoms with Crippen LogP contribution in [-0.4, -0.2) is 32.9 Å². The monoisotopic (exact) mass is 366 g/mol. The van der Waals surface area contributed by atoms with Crippen LogP contribution in [0.4, 0.5) is 0 Å². The Morgan fingerprint density at radius 1 is 1.22 bits per heavy atom. The maximum Gasteiger partial charge on any atom is 0.326 e. The molecule has 27 heavy (non-hydrogen) atoms. The normalized spacial score (nSPS) is 16.2. The Morgan fingerprint density at radius 2 is 2.00 bits per heavy atom. The van der Waals surface area contributed by atoms with E-state index in [1.165, 1.54) is 11.2 Å². The molecule has 1 amide bonds. The summed E-state index contributed by atoms with van der Waals surface area (Å²) >= 11 is 0. The van der Waals surface area contributed by atoms with Crippen LogP contribution in [-0.2, 0) is 29.0 Å². The summed E-state index contributed by atoms with van der Waals surface area (Å²) in [5.74, 6) is -0.00415. The van der Waals surface area contributed by atoms with E-state index in [1.807, 2.05) is 24.3 Å². The maximum atomic E-state index is 12.9. The van der Waals surface area contributed by atoms with E-state index in [9.17, 15) is 14.7 Å². The molecule has 0 saturated carbocycles. The third-order valence-corrected chi connectivity index (χ3v) is 4.80. The fourth-order valence-corrected chi connectivity index (χ4v) is 3.35. The number of carbonyl (C=O) groups is 2. The fourth-order valence-electron chi connectivity index (χ4n) is 3.35. The number of oxazole rings is 1.